The molecule has 0 aliphatic carbocycles. The van der Waals surface area contributed by atoms with E-state index in [1.165, 1.54) is 11.3 Å². The van der Waals surface area contributed by atoms with E-state index in [0.717, 1.165) is 10.4 Å². The van der Waals surface area contributed by atoms with Gasteiger partial charge in [-0.15, -0.1) is 21.5 Å². The fraction of sp³-hybridized carbons (Fsp3) is 0. The predicted molar refractivity (Wildman–Crippen MR) is 77.2 cm³/mol. The quantitative estimate of drug-likeness (QED) is 0.514. The molecule has 0 saturated carbocycles. The van der Waals surface area contributed by atoms with Gasteiger partial charge in [-0.3, -0.25) is 0 Å². The highest BCUT2D eigenvalue weighted by Gasteiger charge is 2.09. The lowest BCUT2D eigenvalue weighted by Gasteiger charge is -2.02. The van der Waals surface area contributed by atoms with Gasteiger partial charge in [-0.1, -0.05) is 41.9 Å². The van der Waals surface area contributed by atoms with Gasteiger partial charge >= 0.3 is 0 Å². The summed E-state index contributed by atoms with van der Waals surface area (Å²) < 4.78 is 0.693. The Labute approximate surface area is 114 Å². The summed E-state index contributed by atoms with van der Waals surface area (Å²) in [5, 5.41) is 7.79. The molecule has 4 N–H and O–H groups in total. The fourth-order valence-electron chi connectivity index (χ4n) is 1.39. The highest BCUT2D eigenvalue weighted by molar-refractivity contribution is 7.18. The van der Waals surface area contributed by atoms with Gasteiger partial charge in [-0.25, -0.2) is 0 Å². The minimum Gasteiger partial charge on any atom is -0.369 e. The van der Waals surface area contributed by atoms with Crippen LogP contribution in [0, 0.1) is 0 Å². The third-order valence-electron chi connectivity index (χ3n) is 2.12. The zero-order chi connectivity index (χ0) is 13.0. The first-order valence-corrected chi connectivity index (χ1v) is 6.34. The van der Waals surface area contributed by atoms with E-state index in [-0.39, 0.29) is 5.96 Å². The van der Waals surface area contributed by atoms with Crippen LogP contribution in [0.2, 0.25) is 4.34 Å². The van der Waals surface area contributed by atoms with Crippen molar-refractivity contribution in [3.63, 3.8) is 0 Å². The summed E-state index contributed by atoms with van der Waals surface area (Å²) in [6, 6.07) is 13.4. The van der Waals surface area contributed by atoms with Gasteiger partial charge in [-0.2, -0.15) is 0 Å². The van der Waals surface area contributed by atoms with E-state index in [2.05, 4.69) is 10.2 Å². The maximum atomic E-state index is 5.93. The van der Waals surface area contributed by atoms with Crippen LogP contribution < -0.4 is 11.5 Å². The molecule has 1 aromatic carbocycles. The first-order chi connectivity index (χ1) is 8.66. The Balaban J connectivity index is 2.48. The highest BCUT2D eigenvalue weighted by atomic mass is 35.5. The summed E-state index contributed by atoms with van der Waals surface area (Å²) in [7, 11) is 0. The summed E-state index contributed by atoms with van der Waals surface area (Å²) in [5.41, 5.74) is 12.2. The Hall–Kier alpha value is -1.85. The molecule has 0 aliphatic rings. The van der Waals surface area contributed by atoms with Crippen LogP contribution in [0.5, 0.6) is 0 Å². The van der Waals surface area contributed by atoms with E-state index in [4.69, 9.17) is 23.1 Å². The van der Waals surface area contributed by atoms with Crippen LogP contribution in [-0.4, -0.2) is 11.7 Å². The van der Waals surface area contributed by atoms with Gasteiger partial charge in [0.1, 0.15) is 5.71 Å². The SMILES string of the molecule is NC(N)=N/N=C(/c1ccccc1)c1ccc(Cl)s1. The second-order valence-electron chi connectivity index (χ2n) is 3.44. The van der Waals surface area contributed by atoms with Crippen molar-refractivity contribution >= 4 is 34.6 Å². The molecular formula is C12H11ClN4S. The zero-order valence-corrected chi connectivity index (χ0v) is 10.9. The average Bonchev–Trinajstić information content (AvgIpc) is 2.77. The van der Waals surface area contributed by atoms with Crippen molar-refractivity contribution in [2.45, 2.75) is 0 Å². The van der Waals surface area contributed by atoms with Crippen LogP contribution in [-0.2, 0) is 0 Å². The number of guanidine groups is 1. The molecule has 1 aromatic heterocycles. The maximum absolute atomic E-state index is 5.93. The molecule has 2 aromatic rings. The monoisotopic (exact) mass is 278 g/mol. The number of nitrogens with zero attached hydrogens (tertiary/aromatic N) is 2. The summed E-state index contributed by atoms with van der Waals surface area (Å²) in [6.45, 7) is 0. The number of rotatable bonds is 3. The number of nitrogens with two attached hydrogens (primary N) is 2. The van der Waals surface area contributed by atoms with Gasteiger partial charge in [0.05, 0.1) is 9.21 Å². The Bertz CT molecular complexity index is 585. The van der Waals surface area contributed by atoms with Crippen LogP contribution in [0.4, 0.5) is 0 Å². The molecular weight excluding hydrogens is 268 g/mol. The van der Waals surface area contributed by atoms with Crippen LogP contribution in [0.1, 0.15) is 10.4 Å². The molecule has 0 radical (unpaired) electrons. The van der Waals surface area contributed by atoms with Crippen molar-refractivity contribution in [3.05, 3.63) is 57.2 Å². The lowest BCUT2D eigenvalue weighted by molar-refractivity contribution is 1.20. The van der Waals surface area contributed by atoms with Crippen LogP contribution >= 0.6 is 22.9 Å². The third kappa shape index (κ3) is 3.09. The largest absolute Gasteiger partial charge is 0.369 e. The summed E-state index contributed by atoms with van der Waals surface area (Å²) in [6.07, 6.45) is 0. The Kier molecular flexibility index (Phi) is 3.96. The number of benzene rings is 1. The van der Waals surface area contributed by atoms with E-state index >= 15 is 0 Å². The lowest BCUT2D eigenvalue weighted by Crippen LogP contribution is -2.22. The van der Waals surface area contributed by atoms with Gasteiger partial charge in [-0.05, 0) is 12.1 Å². The topological polar surface area (TPSA) is 76.8 Å². The number of hydrogen-bond acceptors (Lipinski definition) is 3. The molecule has 92 valence electrons. The normalized spacial score (nSPS) is 11.3. The maximum Gasteiger partial charge on any atom is 0.211 e. The Morgan fingerprint density at radius 2 is 1.72 bits per heavy atom. The van der Waals surface area contributed by atoms with Crippen molar-refractivity contribution < 1.29 is 0 Å². The first kappa shape index (κ1) is 12.6. The number of hydrogen-bond donors (Lipinski definition) is 2. The second kappa shape index (κ2) is 5.66. The Morgan fingerprint density at radius 3 is 2.28 bits per heavy atom. The van der Waals surface area contributed by atoms with E-state index in [0.29, 0.717) is 10.0 Å². The van der Waals surface area contributed by atoms with Gasteiger partial charge in [0.2, 0.25) is 5.96 Å². The highest BCUT2D eigenvalue weighted by Crippen LogP contribution is 2.24. The lowest BCUT2D eigenvalue weighted by atomic mass is 10.1. The van der Waals surface area contributed by atoms with Gasteiger partial charge in [0.15, 0.2) is 0 Å². The van der Waals surface area contributed by atoms with E-state index in [1.54, 1.807) is 0 Å². The fourth-order valence-corrected chi connectivity index (χ4v) is 2.44. The van der Waals surface area contributed by atoms with Crippen molar-refractivity contribution in [1.82, 2.24) is 0 Å². The molecule has 0 unspecified atom stereocenters. The molecule has 18 heavy (non-hydrogen) atoms. The third-order valence-corrected chi connectivity index (χ3v) is 3.36. The van der Waals surface area contributed by atoms with Crippen molar-refractivity contribution in [2.75, 3.05) is 0 Å². The molecule has 1 heterocycles. The van der Waals surface area contributed by atoms with Crippen LogP contribution in [0.3, 0.4) is 0 Å². The molecule has 0 aliphatic heterocycles. The standard InChI is InChI=1S/C12H11ClN4S/c13-10-7-6-9(18-10)11(16-17-12(14)15)8-4-2-1-3-5-8/h1-7H,(H4,14,15,17)/b16-11-. The predicted octanol–water partition coefficient (Wildman–Crippen LogP) is 2.43. The van der Waals surface area contributed by atoms with Crippen LogP contribution in [0.25, 0.3) is 0 Å². The smallest absolute Gasteiger partial charge is 0.211 e. The van der Waals surface area contributed by atoms with Crippen molar-refractivity contribution in [3.8, 4) is 0 Å². The molecule has 0 atom stereocenters. The molecule has 0 amide bonds. The van der Waals surface area contributed by atoms with Crippen LogP contribution in [0.15, 0.2) is 52.7 Å². The van der Waals surface area contributed by atoms with E-state index < -0.39 is 0 Å². The second-order valence-corrected chi connectivity index (χ2v) is 5.16. The molecule has 4 nitrogen and oxygen atoms in total. The zero-order valence-electron chi connectivity index (χ0n) is 9.38. The summed E-state index contributed by atoms with van der Waals surface area (Å²) in [5.74, 6) is -0.0777. The average molecular weight is 279 g/mol. The molecule has 0 saturated heterocycles. The molecule has 0 spiro atoms. The summed E-state index contributed by atoms with van der Waals surface area (Å²) in [4.78, 5) is 0.913. The molecule has 0 bridgehead atoms. The number of halogens is 1. The van der Waals surface area contributed by atoms with Gasteiger partial charge in [0.25, 0.3) is 0 Å². The molecule has 6 heteroatoms. The number of thiophene rings is 1. The minimum atomic E-state index is -0.0777. The molecule has 0 fully saturated rings. The van der Waals surface area contributed by atoms with Gasteiger partial charge < -0.3 is 11.5 Å². The minimum absolute atomic E-state index is 0.0777. The van der Waals surface area contributed by atoms with Crippen molar-refractivity contribution in [1.29, 1.82) is 0 Å². The summed E-state index contributed by atoms with van der Waals surface area (Å²) >= 11 is 7.36. The first-order valence-electron chi connectivity index (χ1n) is 5.14. The Morgan fingerprint density at radius 1 is 1.00 bits per heavy atom. The molecule has 2 rings (SSSR count). The van der Waals surface area contributed by atoms with E-state index in [1.807, 2.05) is 42.5 Å². The van der Waals surface area contributed by atoms with Gasteiger partial charge in [0, 0.05) is 5.56 Å². The van der Waals surface area contributed by atoms with Crippen molar-refractivity contribution in [2.24, 2.45) is 21.7 Å². The van der Waals surface area contributed by atoms with E-state index in [9.17, 15) is 0 Å².